The Labute approximate surface area is 174 Å². The number of nitriles is 1. The van der Waals surface area contributed by atoms with E-state index in [-0.39, 0.29) is 22.4 Å². The van der Waals surface area contributed by atoms with E-state index >= 15 is 0 Å². The SMILES string of the molecule is N#C/C(=C\c1ccc(-c2ccc(F)cc2)o1)c1nnc(NC(=O)c2ccccc2)s1. The van der Waals surface area contributed by atoms with E-state index in [1.807, 2.05) is 6.07 Å². The molecule has 0 spiro atoms. The van der Waals surface area contributed by atoms with E-state index in [0.717, 1.165) is 16.9 Å². The molecule has 0 fully saturated rings. The molecule has 0 saturated heterocycles. The second kappa shape index (κ2) is 8.51. The fourth-order valence-corrected chi connectivity index (χ4v) is 3.33. The summed E-state index contributed by atoms with van der Waals surface area (Å²) in [5.41, 5.74) is 1.46. The molecule has 0 saturated carbocycles. The number of allylic oxidation sites excluding steroid dienone is 1. The Bertz CT molecular complexity index is 1250. The molecule has 146 valence electrons. The van der Waals surface area contributed by atoms with Crippen molar-refractivity contribution in [1.82, 2.24) is 10.2 Å². The van der Waals surface area contributed by atoms with Crippen LogP contribution in [-0.4, -0.2) is 16.1 Å². The van der Waals surface area contributed by atoms with Crippen LogP contribution in [0.5, 0.6) is 0 Å². The second-order valence-electron chi connectivity index (χ2n) is 6.11. The number of nitrogens with one attached hydrogen (secondary N) is 1. The molecule has 8 heteroatoms. The molecule has 4 rings (SSSR count). The molecule has 0 aliphatic heterocycles. The summed E-state index contributed by atoms with van der Waals surface area (Å²) in [4.78, 5) is 12.2. The number of hydrogen-bond donors (Lipinski definition) is 1. The molecule has 0 atom stereocenters. The van der Waals surface area contributed by atoms with Crippen molar-refractivity contribution in [2.45, 2.75) is 0 Å². The maximum Gasteiger partial charge on any atom is 0.257 e. The molecular formula is C22H13FN4O2S. The van der Waals surface area contributed by atoms with Gasteiger partial charge >= 0.3 is 0 Å². The summed E-state index contributed by atoms with van der Waals surface area (Å²) in [5, 5.41) is 20.7. The first-order valence-electron chi connectivity index (χ1n) is 8.80. The van der Waals surface area contributed by atoms with E-state index in [4.69, 9.17) is 4.42 Å². The fraction of sp³-hybridized carbons (Fsp3) is 0. The zero-order chi connectivity index (χ0) is 20.9. The monoisotopic (exact) mass is 416 g/mol. The number of aromatic nitrogens is 2. The van der Waals surface area contributed by atoms with Gasteiger partial charge in [0, 0.05) is 17.2 Å². The largest absolute Gasteiger partial charge is 0.457 e. The first-order valence-corrected chi connectivity index (χ1v) is 9.62. The van der Waals surface area contributed by atoms with Gasteiger partial charge in [0.15, 0.2) is 5.01 Å². The predicted octanol–water partition coefficient (Wildman–Crippen LogP) is 5.25. The molecule has 6 nitrogen and oxygen atoms in total. The van der Waals surface area contributed by atoms with Gasteiger partial charge in [0.1, 0.15) is 23.4 Å². The summed E-state index contributed by atoms with van der Waals surface area (Å²) < 4.78 is 18.8. The lowest BCUT2D eigenvalue weighted by Crippen LogP contribution is -2.11. The molecule has 1 amide bonds. The summed E-state index contributed by atoms with van der Waals surface area (Å²) in [5.74, 6) is 0.349. The van der Waals surface area contributed by atoms with Gasteiger partial charge in [0.25, 0.3) is 5.91 Å². The number of rotatable bonds is 5. The Balaban J connectivity index is 1.52. The molecule has 30 heavy (non-hydrogen) atoms. The van der Waals surface area contributed by atoms with Crippen LogP contribution in [0.2, 0.25) is 0 Å². The molecule has 2 aromatic carbocycles. The zero-order valence-corrected chi connectivity index (χ0v) is 16.2. The minimum Gasteiger partial charge on any atom is -0.457 e. The molecule has 0 aliphatic rings. The van der Waals surface area contributed by atoms with E-state index in [1.54, 1.807) is 48.5 Å². The third-order valence-electron chi connectivity index (χ3n) is 4.07. The van der Waals surface area contributed by atoms with Gasteiger partial charge in [-0.3, -0.25) is 10.1 Å². The number of amides is 1. The number of carbonyl (C=O) groups is 1. The van der Waals surface area contributed by atoms with Gasteiger partial charge in [-0.2, -0.15) is 5.26 Å². The first-order chi connectivity index (χ1) is 14.6. The molecule has 0 bridgehead atoms. The average Bonchev–Trinajstić information content (AvgIpc) is 3.43. The molecule has 4 aromatic rings. The van der Waals surface area contributed by atoms with Crippen molar-refractivity contribution in [2.75, 3.05) is 5.32 Å². The normalized spacial score (nSPS) is 11.1. The second-order valence-corrected chi connectivity index (χ2v) is 7.09. The molecular weight excluding hydrogens is 403 g/mol. The number of anilines is 1. The quantitative estimate of drug-likeness (QED) is 0.449. The average molecular weight is 416 g/mol. The minimum absolute atomic E-state index is 0.243. The number of nitrogens with zero attached hydrogens (tertiary/aromatic N) is 3. The van der Waals surface area contributed by atoms with Crippen molar-refractivity contribution >= 4 is 34.0 Å². The molecule has 0 unspecified atom stereocenters. The Morgan fingerprint density at radius 2 is 1.83 bits per heavy atom. The van der Waals surface area contributed by atoms with Gasteiger partial charge in [0.05, 0.1) is 5.57 Å². The summed E-state index contributed by atoms with van der Waals surface area (Å²) in [6.45, 7) is 0. The number of carbonyl (C=O) groups excluding carboxylic acids is 1. The number of hydrogen-bond acceptors (Lipinski definition) is 6. The number of halogens is 1. The van der Waals surface area contributed by atoms with E-state index in [1.165, 1.54) is 18.2 Å². The molecule has 0 aliphatic carbocycles. The highest BCUT2D eigenvalue weighted by molar-refractivity contribution is 7.16. The summed E-state index contributed by atoms with van der Waals surface area (Å²) in [6, 6.07) is 20.1. The summed E-state index contributed by atoms with van der Waals surface area (Å²) in [6.07, 6.45) is 1.54. The van der Waals surface area contributed by atoms with E-state index in [0.29, 0.717) is 22.1 Å². The van der Waals surface area contributed by atoms with Crippen LogP contribution in [-0.2, 0) is 0 Å². The highest BCUT2D eigenvalue weighted by atomic mass is 32.1. The van der Waals surface area contributed by atoms with Crippen molar-refractivity contribution < 1.29 is 13.6 Å². The van der Waals surface area contributed by atoms with Gasteiger partial charge in [-0.15, -0.1) is 10.2 Å². The summed E-state index contributed by atoms with van der Waals surface area (Å²) in [7, 11) is 0. The highest BCUT2D eigenvalue weighted by Gasteiger charge is 2.13. The number of furan rings is 1. The predicted molar refractivity (Wildman–Crippen MR) is 112 cm³/mol. The van der Waals surface area contributed by atoms with Gasteiger partial charge in [0.2, 0.25) is 5.13 Å². The lowest BCUT2D eigenvalue weighted by Gasteiger charge is -1.99. The van der Waals surface area contributed by atoms with Gasteiger partial charge in [-0.1, -0.05) is 29.5 Å². The smallest absolute Gasteiger partial charge is 0.257 e. The summed E-state index contributed by atoms with van der Waals surface area (Å²) >= 11 is 1.08. The maximum absolute atomic E-state index is 13.1. The van der Waals surface area contributed by atoms with Gasteiger partial charge in [-0.25, -0.2) is 4.39 Å². The van der Waals surface area contributed by atoms with Crippen LogP contribution in [0.15, 0.2) is 71.1 Å². The van der Waals surface area contributed by atoms with Crippen molar-refractivity contribution in [1.29, 1.82) is 5.26 Å². The minimum atomic E-state index is -0.330. The standard InChI is InChI=1S/C22H13FN4O2S/c23-17-8-6-14(7-9-17)19-11-10-18(29-19)12-16(13-24)21-26-27-22(30-21)25-20(28)15-4-2-1-3-5-15/h1-12H,(H,25,27,28)/b16-12+. The highest BCUT2D eigenvalue weighted by Crippen LogP contribution is 2.27. The molecule has 1 N–H and O–H groups in total. The maximum atomic E-state index is 13.1. The van der Waals surface area contributed by atoms with Crippen LogP contribution < -0.4 is 5.32 Å². The lowest BCUT2D eigenvalue weighted by atomic mass is 10.2. The van der Waals surface area contributed by atoms with E-state index in [2.05, 4.69) is 21.6 Å². The van der Waals surface area contributed by atoms with Crippen LogP contribution in [0.1, 0.15) is 21.1 Å². The Kier molecular flexibility index (Phi) is 5.46. The van der Waals surface area contributed by atoms with Crippen molar-refractivity contribution in [3.8, 4) is 17.4 Å². The van der Waals surface area contributed by atoms with Crippen LogP contribution in [0.3, 0.4) is 0 Å². The zero-order valence-electron chi connectivity index (χ0n) is 15.4. The fourth-order valence-electron chi connectivity index (χ4n) is 2.63. The molecule has 2 aromatic heterocycles. The van der Waals surface area contributed by atoms with Crippen LogP contribution in [0.4, 0.5) is 9.52 Å². The molecule has 0 radical (unpaired) electrons. The first kappa shape index (κ1) is 19.2. The van der Waals surface area contributed by atoms with Crippen molar-refractivity contribution in [2.24, 2.45) is 0 Å². The van der Waals surface area contributed by atoms with E-state index in [9.17, 15) is 14.4 Å². The third kappa shape index (κ3) is 4.32. The Morgan fingerprint density at radius 1 is 1.07 bits per heavy atom. The topological polar surface area (TPSA) is 91.8 Å². The lowest BCUT2D eigenvalue weighted by molar-refractivity contribution is 0.102. The number of benzene rings is 2. The Hall–Kier alpha value is -4.09. The van der Waals surface area contributed by atoms with E-state index < -0.39 is 0 Å². The van der Waals surface area contributed by atoms with Crippen LogP contribution in [0, 0.1) is 17.1 Å². The Morgan fingerprint density at radius 3 is 2.57 bits per heavy atom. The van der Waals surface area contributed by atoms with Gasteiger partial charge < -0.3 is 4.42 Å². The van der Waals surface area contributed by atoms with Gasteiger partial charge in [-0.05, 0) is 48.5 Å². The van der Waals surface area contributed by atoms with Crippen molar-refractivity contribution in [3.63, 3.8) is 0 Å². The van der Waals surface area contributed by atoms with Crippen LogP contribution >= 0.6 is 11.3 Å². The third-order valence-corrected chi connectivity index (χ3v) is 4.95. The van der Waals surface area contributed by atoms with Crippen molar-refractivity contribution in [3.05, 3.63) is 88.9 Å². The molecule has 2 heterocycles. The van der Waals surface area contributed by atoms with Crippen LogP contribution in [0.25, 0.3) is 23.0 Å².